The molecule has 2 rings (SSSR count). The second kappa shape index (κ2) is 9.48. The third-order valence-corrected chi connectivity index (χ3v) is 5.51. The van der Waals surface area contributed by atoms with E-state index in [9.17, 15) is 18.0 Å². The van der Waals surface area contributed by atoms with E-state index in [1.54, 1.807) is 55.4 Å². The Labute approximate surface area is 193 Å². The van der Waals surface area contributed by atoms with E-state index in [2.05, 4.69) is 19.9 Å². The van der Waals surface area contributed by atoms with Crippen molar-refractivity contribution in [1.82, 2.24) is 19.9 Å². The van der Waals surface area contributed by atoms with E-state index in [4.69, 9.17) is 9.47 Å². The van der Waals surface area contributed by atoms with E-state index < -0.39 is 33.4 Å². The van der Waals surface area contributed by atoms with Gasteiger partial charge in [0.15, 0.2) is 0 Å². The standard InChI is InChI=1S/C21H31N5O6S/c1-13-9-17(26(18(27)31-20(3,4)5)19(28)32-21(6,7)8)25-14(2)16(13)12-24-33(29,30)15-10-22-23-11-15/h9-11,24H,12H2,1-8H3,(H,22,23). The van der Waals surface area contributed by atoms with Crippen LogP contribution in [0.5, 0.6) is 0 Å². The number of imide groups is 1. The van der Waals surface area contributed by atoms with Gasteiger partial charge in [0.1, 0.15) is 21.9 Å². The molecule has 12 heteroatoms. The van der Waals surface area contributed by atoms with Crippen molar-refractivity contribution in [2.45, 2.75) is 78.0 Å². The van der Waals surface area contributed by atoms with Gasteiger partial charge in [-0.3, -0.25) is 5.10 Å². The molecule has 2 heterocycles. The van der Waals surface area contributed by atoms with Gasteiger partial charge in [0.2, 0.25) is 10.0 Å². The second-order valence-corrected chi connectivity index (χ2v) is 11.2. The highest BCUT2D eigenvalue weighted by atomic mass is 32.2. The number of amides is 2. The van der Waals surface area contributed by atoms with Crippen LogP contribution in [0.4, 0.5) is 15.4 Å². The van der Waals surface area contributed by atoms with Crippen LogP contribution >= 0.6 is 0 Å². The number of aryl methyl sites for hydroxylation is 2. The zero-order valence-corrected chi connectivity index (χ0v) is 21.0. The van der Waals surface area contributed by atoms with E-state index in [0.717, 1.165) is 4.90 Å². The maximum absolute atomic E-state index is 12.8. The van der Waals surface area contributed by atoms with E-state index in [1.165, 1.54) is 18.5 Å². The molecule has 0 bridgehead atoms. The van der Waals surface area contributed by atoms with Crippen molar-refractivity contribution in [3.63, 3.8) is 0 Å². The molecule has 11 nitrogen and oxygen atoms in total. The molecule has 2 aromatic heterocycles. The quantitative estimate of drug-likeness (QED) is 0.659. The maximum atomic E-state index is 12.8. The summed E-state index contributed by atoms with van der Waals surface area (Å²) >= 11 is 0. The normalized spacial score (nSPS) is 12.4. The van der Waals surface area contributed by atoms with Crippen LogP contribution in [0.1, 0.15) is 58.4 Å². The Bertz CT molecular complexity index is 1060. The largest absolute Gasteiger partial charge is 0.443 e. The van der Waals surface area contributed by atoms with Gasteiger partial charge in [0.25, 0.3) is 0 Å². The number of rotatable bonds is 5. The highest BCUT2D eigenvalue weighted by Crippen LogP contribution is 2.24. The Balaban J connectivity index is 2.38. The van der Waals surface area contributed by atoms with Crippen molar-refractivity contribution in [1.29, 1.82) is 0 Å². The second-order valence-electron chi connectivity index (χ2n) is 9.42. The minimum absolute atomic E-state index is 0.00316. The van der Waals surface area contributed by atoms with Gasteiger partial charge in [-0.2, -0.15) is 10.00 Å². The summed E-state index contributed by atoms with van der Waals surface area (Å²) in [4.78, 5) is 30.8. The number of aromatic amines is 1. The summed E-state index contributed by atoms with van der Waals surface area (Å²) in [6, 6.07) is 1.50. The molecule has 0 saturated heterocycles. The number of nitrogens with zero attached hydrogens (tertiary/aromatic N) is 3. The van der Waals surface area contributed by atoms with Gasteiger partial charge in [-0.05, 0) is 72.6 Å². The minimum atomic E-state index is -3.77. The van der Waals surface area contributed by atoms with E-state index >= 15 is 0 Å². The van der Waals surface area contributed by atoms with Crippen LogP contribution in [0.15, 0.2) is 23.4 Å². The zero-order valence-electron chi connectivity index (χ0n) is 20.1. The van der Waals surface area contributed by atoms with E-state index in [1.807, 2.05) is 0 Å². The first kappa shape index (κ1) is 26.3. The van der Waals surface area contributed by atoms with Crippen LogP contribution < -0.4 is 9.62 Å². The molecule has 0 fully saturated rings. The Hall–Kier alpha value is -2.99. The number of anilines is 1. The van der Waals surface area contributed by atoms with Crippen LogP contribution in [0, 0.1) is 13.8 Å². The lowest BCUT2D eigenvalue weighted by Gasteiger charge is -2.28. The van der Waals surface area contributed by atoms with Crippen LogP contribution in [0.25, 0.3) is 0 Å². The first-order valence-corrected chi connectivity index (χ1v) is 11.7. The number of hydrogen-bond acceptors (Lipinski definition) is 8. The molecule has 182 valence electrons. The van der Waals surface area contributed by atoms with Gasteiger partial charge in [0, 0.05) is 18.4 Å². The number of carbonyl (C=O) groups excluding carboxylic acids is 2. The summed E-state index contributed by atoms with van der Waals surface area (Å²) in [6.45, 7) is 13.4. The number of nitrogens with one attached hydrogen (secondary N) is 2. The molecular formula is C21H31N5O6S. The smallest absolute Gasteiger partial charge is 0.425 e. The molecule has 0 saturated carbocycles. The summed E-state index contributed by atoms with van der Waals surface area (Å²) < 4.78 is 38.0. The SMILES string of the molecule is Cc1cc(N(C(=O)OC(C)(C)C)C(=O)OC(C)(C)C)nc(C)c1CNS(=O)(=O)c1cn[nH]c1. The average molecular weight is 482 g/mol. The number of aromatic nitrogens is 3. The lowest BCUT2D eigenvalue weighted by atomic mass is 10.1. The summed E-state index contributed by atoms with van der Waals surface area (Å²) in [5.74, 6) is 0.00921. The predicted molar refractivity (Wildman–Crippen MR) is 121 cm³/mol. The maximum Gasteiger partial charge on any atom is 0.425 e. The van der Waals surface area contributed by atoms with Crippen LogP contribution in [-0.4, -0.2) is 47.0 Å². The lowest BCUT2D eigenvalue weighted by Crippen LogP contribution is -2.44. The van der Waals surface area contributed by atoms with Gasteiger partial charge in [0.05, 0.1) is 6.20 Å². The highest BCUT2D eigenvalue weighted by molar-refractivity contribution is 7.89. The number of pyridine rings is 1. The molecule has 0 aliphatic heterocycles. The first-order valence-electron chi connectivity index (χ1n) is 10.2. The molecule has 0 spiro atoms. The lowest BCUT2D eigenvalue weighted by molar-refractivity contribution is 0.0429. The predicted octanol–water partition coefficient (Wildman–Crippen LogP) is 3.58. The average Bonchev–Trinajstić information content (AvgIpc) is 3.13. The van der Waals surface area contributed by atoms with Crippen molar-refractivity contribution in [2.24, 2.45) is 0 Å². The number of H-pyrrole nitrogens is 1. The van der Waals surface area contributed by atoms with Gasteiger partial charge in [-0.15, -0.1) is 0 Å². The topological polar surface area (TPSA) is 144 Å². The van der Waals surface area contributed by atoms with Crippen molar-refractivity contribution >= 4 is 28.0 Å². The molecule has 0 unspecified atom stereocenters. The van der Waals surface area contributed by atoms with Gasteiger partial charge >= 0.3 is 12.2 Å². The van der Waals surface area contributed by atoms with Gasteiger partial charge < -0.3 is 9.47 Å². The number of hydrogen-bond donors (Lipinski definition) is 2. The fraction of sp³-hybridized carbons (Fsp3) is 0.524. The Morgan fingerprint density at radius 3 is 2.03 bits per heavy atom. The van der Waals surface area contributed by atoms with E-state index in [-0.39, 0.29) is 17.3 Å². The van der Waals surface area contributed by atoms with Crippen molar-refractivity contribution in [2.75, 3.05) is 4.90 Å². The molecule has 2 N–H and O–H groups in total. The van der Waals surface area contributed by atoms with Crippen LogP contribution in [-0.2, 0) is 26.0 Å². The monoisotopic (exact) mass is 481 g/mol. The molecule has 33 heavy (non-hydrogen) atoms. The molecule has 2 amide bonds. The summed E-state index contributed by atoms with van der Waals surface area (Å²) in [5, 5.41) is 6.10. The zero-order chi connectivity index (χ0) is 25.2. The molecule has 0 aromatic carbocycles. The van der Waals surface area contributed by atoms with Crippen molar-refractivity contribution in [3.8, 4) is 0 Å². The summed E-state index contributed by atoms with van der Waals surface area (Å²) in [5.41, 5.74) is -0.0693. The van der Waals surface area contributed by atoms with Gasteiger partial charge in [-0.25, -0.2) is 27.7 Å². The summed E-state index contributed by atoms with van der Waals surface area (Å²) in [6.07, 6.45) is 0.597. The molecule has 2 aromatic rings. The highest BCUT2D eigenvalue weighted by Gasteiger charge is 2.34. The third-order valence-electron chi connectivity index (χ3n) is 4.14. The molecule has 0 radical (unpaired) electrons. The van der Waals surface area contributed by atoms with Gasteiger partial charge in [-0.1, -0.05) is 0 Å². The van der Waals surface area contributed by atoms with Crippen LogP contribution in [0.2, 0.25) is 0 Å². The first-order chi connectivity index (χ1) is 15.0. The Morgan fingerprint density at radius 2 is 1.61 bits per heavy atom. The molecule has 0 aliphatic rings. The molecule has 0 aliphatic carbocycles. The minimum Gasteiger partial charge on any atom is -0.443 e. The third kappa shape index (κ3) is 7.26. The van der Waals surface area contributed by atoms with Crippen LogP contribution in [0.3, 0.4) is 0 Å². The number of sulfonamides is 1. The fourth-order valence-corrected chi connectivity index (χ4v) is 3.63. The number of carbonyl (C=O) groups is 2. The summed E-state index contributed by atoms with van der Waals surface area (Å²) in [7, 11) is -3.77. The number of ether oxygens (including phenoxy) is 2. The molecule has 0 atom stereocenters. The van der Waals surface area contributed by atoms with E-state index in [0.29, 0.717) is 16.8 Å². The Kier molecular flexibility index (Phi) is 7.54. The fourth-order valence-electron chi connectivity index (χ4n) is 2.73. The Morgan fingerprint density at radius 1 is 1.06 bits per heavy atom. The van der Waals surface area contributed by atoms with Crippen molar-refractivity contribution < 1.29 is 27.5 Å². The molecular weight excluding hydrogens is 450 g/mol. The van der Waals surface area contributed by atoms with Crippen molar-refractivity contribution in [3.05, 3.63) is 35.3 Å².